The maximum atomic E-state index is 10.3. The molecule has 5 heteroatoms. The lowest BCUT2D eigenvalue weighted by Gasteiger charge is -2.14. The van der Waals surface area contributed by atoms with Crippen molar-refractivity contribution in [2.24, 2.45) is 0 Å². The molecule has 0 aliphatic carbocycles. The van der Waals surface area contributed by atoms with E-state index in [2.05, 4.69) is 0 Å². The second-order valence-electron chi connectivity index (χ2n) is 4.75. The van der Waals surface area contributed by atoms with Crippen LogP contribution in [0.4, 0.5) is 0 Å². The van der Waals surface area contributed by atoms with E-state index in [1.807, 2.05) is 6.07 Å². The molecule has 0 saturated carbocycles. The third-order valence-electron chi connectivity index (χ3n) is 3.17. The van der Waals surface area contributed by atoms with E-state index in [0.717, 1.165) is 11.1 Å². The van der Waals surface area contributed by atoms with Crippen molar-refractivity contribution in [1.82, 2.24) is 0 Å². The summed E-state index contributed by atoms with van der Waals surface area (Å²) in [4.78, 5) is 0. The van der Waals surface area contributed by atoms with Crippen molar-refractivity contribution < 1.29 is 9.84 Å². The molecular formula is C16H15Cl3O2. The second kappa shape index (κ2) is 7.37. The monoisotopic (exact) mass is 344 g/mol. The van der Waals surface area contributed by atoms with E-state index in [-0.39, 0.29) is 0 Å². The zero-order chi connectivity index (χ0) is 15.4. The van der Waals surface area contributed by atoms with Crippen LogP contribution in [0, 0.1) is 0 Å². The van der Waals surface area contributed by atoms with Gasteiger partial charge in [-0.1, -0.05) is 40.9 Å². The molecule has 0 amide bonds. The van der Waals surface area contributed by atoms with Crippen molar-refractivity contribution in [3.63, 3.8) is 0 Å². The molecule has 0 saturated heterocycles. The summed E-state index contributed by atoms with van der Waals surface area (Å²) < 4.78 is 5.28. The molecule has 2 aromatic carbocycles. The van der Waals surface area contributed by atoms with Crippen LogP contribution in [0.2, 0.25) is 15.1 Å². The van der Waals surface area contributed by atoms with Gasteiger partial charge in [0.1, 0.15) is 5.75 Å². The number of aliphatic hydroxyl groups is 1. The lowest BCUT2D eigenvalue weighted by molar-refractivity contribution is 0.174. The van der Waals surface area contributed by atoms with Crippen LogP contribution in [0.25, 0.3) is 0 Å². The topological polar surface area (TPSA) is 29.5 Å². The first kappa shape index (κ1) is 16.4. The summed E-state index contributed by atoms with van der Waals surface area (Å²) in [6.45, 7) is 0. The molecule has 0 radical (unpaired) electrons. The third kappa shape index (κ3) is 4.52. The summed E-state index contributed by atoms with van der Waals surface area (Å²) in [7, 11) is 1.59. The number of rotatable bonds is 5. The third-order valence-corrected chi connectivity index (χ3v) is 3.99. The van der Waals surface area contributed by atoms with Crippen LogP contribution in [0.1, 0.15) is 11.1 Å². The number of hydrogen-bond donors (Lipinski definition) is 1. The van der Waals surface area contributed by atoms with Gasteiger partial charge in [-0.2, -0.15) is 0 Å². The summed E-state index contributed by atoms with van der Waals surface area (Å²) in [6, 6.07) is 10.6. The predicted molar refractivity (Wildman–Crippen MR) is 87.9 cm³/mol. The van der Waals surface area contributed by atoms with Crippen molar-refractivity contribution in [3.05, 3.63) is 62.6 Å². The normalized spacial score (nSPS) is 12.2. The van der Waals surface area contributed by atoms with E-state index in [1.54, 1.807) is 37.4 Å². The van der Waals surface area contributed by atoms with Gasteiger partial charge in [-0.25, -0.2) is 0 Å². The Bertz CT molecular complexity index is 629. The Morgan fingerprint density at radius 2 is 1.57 bits per heavy atom. The second-order valence-corrected chi connectivity index (χ2v) is 6.03. The fourth-order valence-electron chi connectivity index (χ4n) is 2.17. The Morgan fingerprint density at radius 1 is 0.952 bits per heavy atom. The molecule has 0 aliphatic rings. The molecule has 1 unspecified atom stereocenters. The van der Waals surface area contributed by atoms with E-state index in [1.165, 1.54) is 0 Å². The summed E-state index contributed by atoms with van der Waals surface area (Å²) >= 11 is 18.0. The lowest BCUT2D eigenvalue weighted by atomic mass is 10.0. The molecule has 0 fully saturated rings. The van der Waals surface area contributed by atoms with Crippen molar-refractivity contribution in [1.29, 1.82) is 0 Å². The molecule has 2 aromatic rings. The molecule has 0 heterocycles. The summed E-state index contributed by atoms with van der Waals surface area (Å²) in [6.07, 6.45) is 0.282. The van der Waals surface area contributed by atoms with Gasteiger partial charge in [0.05, 0.1) is 13.2 Å². The van der Waals surface area contributed by atoms with Crippen LogP contribution < -0.4 is 4.74 Å². The van der Waals surface area contributed by atoms with E-state index in [9.17, 15) is 5.11 Å². The van der Waals surface area contributed by atoms with E-state index >= 15 is 0 Å². The van der Waals surface area contributed by atoms with E-state index < -0.39 is 6.10 Å². The van der Waals surface area contributed by atoms with Gasteiger partial charge >= 0.3 is 0 Å². The number of halogens is 3. The van der Waals surface area contributed by atoms with Gasteiger partial charge in [0, 0.05) is 27.9 Å². The van der Waals surface area contributed by atoms with Crippen molar-refractivity contribution in [3.8, 4) is 5.75 Å². The average Bonchev–Trinajstić information content (AvgIpc) is 2.42. The first-order valence-corrected chi connectivity index (χ1v) is 7.57. The van der Waals surface area contributed by atoms with Crippen molar-refractivity contribution in [2.75, 3.05) is 7.11 Å². The smallest absolute Gasteiger partial charge is 0.122 e. The van der Waals surface area contributed by atoms with Gasteiger partial charge < -0.3 is 9.84 Å². The van der Waals surface area contributed by atoms with Crippen LogP contribution in [-0.4, -0.2) is 18.3 Å². The fourth-order valence-corrected chi connectivity index (χ4v) is 2.85. The highest BCUT2D eigenvalue weighted by atomic mass is 35.5. The highest BCUT2D eigenvalue weighted by molar-refractivity contribution is 6.35. The number of ether oxygens (including phenoxy) is 1. The van der Waals surface area contributed by atoms with Gasteiger partial charge in [0.15, 0.2) is 0 Å². The summed E-state index contributed by atoms with van der Waals surface area (Å²) in [5.74, 6) is 0.709. The molecule has 1 atom stereocenters. The molecular weight excluding hydrogens is 331 g/mol. The van der Waals surface area contributed by atoms with Crippen LogP contribution in [-0.2, 0) is 12.8 Å². The summed E-state index contributed by atoms with van der Waals surface area (Å²) in [5.41, 5.74) is 1.72. The van der Waals surface area contributed by atoms with Crippen LogP contribution in [0.5, 0.6) is 5.75 Å². The average molecular weight is 346 g/mol. The van der Waals surface area contributed by atoms with Gasteiger partial charge in [-0.15, -0.1) is 0 Å². The SMILES string of the molecule is COc1ccc(Cl)cc1CC(O)Cc1ccc(Cl)cc1Cl. The maximum Gasteiger partial charge on any atom is 0.122 e. The molecule has 1 N–H and O–H groups in total. The Hall–Kier alpha value is -0.930. The standard InChI is InChI=1S/C16H15Cl3O2/c1-21-16-5-4-12(17)6-11(16)8-14(20)7-10-2-3-13(18)9-15(10)19/h2-6,9,14,20H,7-8H2,1H3. The Morgan fingerprint density at radius 3 is 2.24 bits per heavy atom. The number of aliphatic hydroxyl groups excluding tert-OH is 1. The minimum atomic E-state index is -0.587. The first-order valence-electron chi connectivity index (χ1n) is 6.44. The molecule has 2 nitrogen and oxygen atoms in total. The summed E-state index contributed by atoms with van der Waals surface area (Å²) in [5, 5.41) is 12.0. The van der Waals surface area contributed by atoms with Crippen LogP contribution in [0.15, 0.2) is 36.4 Å². The molecule has 0 bridgehead atoms. The molecule has 21 heavy (non-hydrogen) atoms. The zero-order valence-corrected chi connectivity index (χ0v) is 13.7. The van der Waals surface area contributed by atoms with Crippen LogP contribution >= 0.6 is 34.8 Å². The molecule has 0 spiro atoms. The number of hydrogen-bond acceptors (Lipinski definition) is 2. The van der Waals surface area contributed by atoms with Gasteiger partial charge in [0.25, 0.3) is 0 Å². The fraction of sp³-hybridized carbons (Fsp3) is 0.250. The maximum absolute atomic E-state index is 10.3. The van der Waals surface area contributed by atoms with E-state index in [4.69, 9.17) is 39.5 Å². The minimum Gasteiger partial charge on any atom is -0.496 e. The first-order chi connectivity index (χ1) is 9.99. The lowest BCUT2D eigenvalue weighted by Crippen LogP contribution is -2.14. The molecule has 2 rings (SSSR count). The van der Waals surface area contributed by atoms with Gasteiger partial charge in [0.2, 0.25) is 0 Å². The highest BCUT2D eigenvalue weighted by Gasteiger charge is 2.13. The number of benzene rings is 2. The van der Waals surface area contributed by atoms with Crippen molar-refractivity contribution >= 4 is 34.8 Å². The zero-order valence-electron chi connectivity index (χ0n) is 11.4. The molecule has 112 valence electrons. The Balaban J connectivity index is 2.11. The Kier molecular flexibility index (Phi) is 5.77. The van der Waals surface area contributed by atoms with Gasteiger partial charge in [-0.05, 0) is 41.5 Å². The van der Waals surface area contributed by atoms with Crippen molar-refractivity contribution in [2.45, 2.75) is 18.9 Å². The quantitative estimate of drug-likeness (QED) is 0.843. The molecule has 0 aliphatic heterocycles. The van der Waals surface area contributed by atoms with E-state index in [0.29, 0.717) is 33.7 Å². The van der Waals surface area contributed by atoms with Gasteiger partial charge in [-0.3, -0.25) is 0 Å². The predicted octanol–water partition coefficient (Wildman–Crippen LogP) is 4.80. The highest BCUT2D eigenvalue weighted by Crippen LogP contribution is 2.26. The largest absolute Gasteiger partial charge is 0.496 e. The number of methoxy groups -OCH3 is 1. The molecule has 0 aromatic heterocycles. The Labute approximate surface area is 139 Å². The van der Waals surface area contributed by atoms with Crippen LogP contribution in [0.3, 0.4) is 0 Å². The minimum absolute atomic E-state index is 0.433.